The topological polar surface area (TPSA) is 60.3 Å². The maximum Gasteiger partial charge on any atom is 0.449 e. The lowest BCUT2D eigenvalue weighted by Gasteiger charge is -1.98. The first kappa shape index (κ1) is 10.3. The van der Waals surface area contributed by atoms with Crippen LogP contribution in [-0.2, 0) is 6.18 Å². The van der Waals surface area contributed by atoms with Crippen molar-refractivity contribution >= 4 is 34.3 Å². The highest BCUT2D eigenvalue weighted by Gasteiger charge is 2.34. The quantitative estimate of drug-likeness (QED) is 0.542. The molecule has 0 aliphatic heterocycles. The van der Waals surface area contributed by atoms with Crippen molar-refractivity contribution in [3.05, 3.63) is 22.7 Å². The predicted octanol–water partition coefficient (Wildman–Crippen LogP) is 3.12. The van der Waals surface area contributed by atoms with Crippen LogP contribution < -0.4 is 0 Å². The van der Waals surface area contributed by atoms with Gasteiger partial charge in [0.05, 0.1) is 22.1 Å². The zero-order valence-corrected chi connectivity index (χ0v) is 8.96. The third-order valence-electron chi connectivity index (χ3n) is 2.39. The van der Waals surface area contributed by atoms with Crippen molar-refractivity contribution in [2.45, 2.75) is 6.18 Å². The summed E-state index contributed by atoms with van der Waals surface area (Å²) >= 11 is 4.89. The van der Waals surface area contributed by atoms with E-state index in [4.69, 9.17) is 12.2 Å². The molecule has 0 aliphatic rings. The van der Waals surface area contributed by atoms with E-state index < -0.39 is 12.0 Å². The fourth-order valence-corrected chi connectivity index (χ4v) is 1.89. The number of halogens is 3. The second-order valence-electron chi connectivity index (χ2n) is 3.58. The van der Waals surface area contributed by atoms with Gasteiger partial charge in [0.2, 0.25) is 5.82 Å². The number of nitrogens with zero attached hydrogens (tertiary/aromatic N) is 1. The first-order chi connectivity index (χ1) is 7.93. The van der Waals surface area contributed by atoms with Crippen LogP contribution in [0.5, 0.6) is 0 Å². The fourth-order valence-electron chi connectivity index (χ4n) is 1.67. The Morgan fingerprint density at radius 2 is 1.65 bits per heavy atom. The van der Waals surface area contributed by atoms with Crippen molar-refractivity contribution in [2.75, 3.05) is 0 Å². The van der Waals surface area contributed by atoms with Gasteiger partial charge in [0.25, 0.3) is 0 Å². The first-order valence-corrected chi connectivity index (χ1v) is 5.03. The minimum atomic E-state index is -4.47. The molecule has 0 saturated carbocycles. The number of alkyl halides is 3. The van der Waals surface area contributed by atoms with Gasteiger partial charge in [-0.1, -0.05) is 0 Å². The van der Waals surface area contributed by atoms with Gasteiger partial charge in [-0.3, -0.25) is 0 Å². The molecule has 2 heterocycles. The molecule has 3 aromatic rings. The number of hydrogen-bond acceptors (Lipinski definition) is 2. The molecule has 2 aromatic heterocycles. The van der Waals surface area contributed by atoms with Gasteiger partial charge in [-0.05, 0) is 24.4 Å². The number of H-pyrrole nitrogens is 3. The van der Waals surface area contributed by atoms with Gasteiger partial charge in [-0.25, -0.2) is 4.98 Å². The van der Waals surface area contributed by atoms with Crippen LogP contribution in [0.3, 0.4) is 0 Å². The van der Waals surface area contributed by atoms with Crippen LogP contribution in [0.2, 0.25) is 0 Å². The zero-order valence-electron chi connectivity index (χ0n) is 8.14. The number of fused-ring (bicyclic) bond motifs is 2. The van der Waals surface area contributed by atoms with E-state index in [1.807, 2.05) is 0 Å². The summed E-state index contributed by atoms with van der Waals surface area (Å²) in [5, 5.41) is 0. The normalized spacial score (nSPS) is 12.6. The summed E-state index contributed by atoms with van der Waals surface area (Å²) in [7, 11) is 0. The van der Waals surface area contributed by atoms with Gasteiger partial charge in [0, 0.05) is 0 Å². The Labute approximate surface area is 96.9 Å². The van der Waals surface area contributed by atoms with Crippen LogP contribution in [0.1, 0.15) is 5.82 Å². The van der Waals surface area contributed by atoms with Crippen molar-refractivity contribution in [1.82, 2.24) is 19.9 Å². The molecule has 17 heavy (non-hydrogen) atoms. The molecule has 4 nitrogen and oxygen atoms in total. The van der Waals surface area contributed by atoms with Crippen LogP contribution in [0, 0.1) is 4.77 Å². The molecule has 0 amide bonds. The molecular formula is C9H5F3N4S. The molecule has 3 N–H and O–H groups in total. The Kier molecular flexibility index (Phi) is 1.88. The lowest BCUT2D eigenvalue weighted by molar-refractivity contribution is -0.144. The molecular weight excluding hydrogens is 253 g/mol. The summed E-state index contributed by atoms with van der Waals surface area (Å²) in [6.07, 6.45) is -4.47. The van der Waals surface area contributed by atoms with E-state index in [1.54, 1.807) is 6.07 Å². The van der Waals surface area contributed by atoms with Crippen LogP contribution in [0.4, 0.5) is 13.2 Å². The van der Waals surface area contributed by atoms with Crippen molar-refractivity contribution in [3.63, 3.8) is 0 Å². The van der Waals surface area contributed by atoms with Gasteiger partial charge < -0.3 is 15.0 Å². The molecule has 0 atom stereocenters. The third kappa shape index (κ3) is 1.60. The molecule has 0 spiro atoms. The lowest BCUT2D eigenvalue weighted by Crippen LogP contribution is -2.06. The molecule has 1 aromatic carbocycles. The Hall–Kier alpha value is -1.83. The van der Waals surface area contributed by atoms with Gasteiger partial charge in [-0.15, -0.1) is 0 Å². The highest BCUT2D eigenvalue weighted by atomic mass is 32.1. The summed E-state index contributed by atoms with van der Waals surface area (Å²) in [6.45, 7) is 0. The highest BCUT2D eigenvalue weighted by Crippen LogP contribution is 2.29. The van der Waals surface area contributed by atoms with Crippen molar-refractivity contribution < 1.29 is 13.2 Å². The van der Waals surface area contributed by atoms with Crippen LogP contribution in [0.15, 0.2) is 12.1 Å². The molecule has 88 valence electrons. The Bertz CT molecular complexity index is 710. The van der Waals surface area contributed by atoms with Crippen molar-refractivity contribution in [1.29, 1.82) is 0 Å². The molecule has 0 radical (unpaired) electrons. The third-order valence-corrected chi connectivity index (χ3v) is 2.59. The van der Waals surface area contributed by atoms with Crippen molar-refractivity contribution in [3.8, 4) is 0 Å². The number of benzene rings is 1. The minimum Gasteiger partial charge on any atom is -0.334 e. The van der Waals surface area contributed by atoms with Gasteiger partial charge in [-0.2, -0.15) is 13.2 Å². The predicted molar refractivity (Wildman–Crippen MR) is 58.1 cm³/mol. The van der Waals surface area contributed by atoms with Gasteiger partial charge >= 0.3 is 6.18 Å². The Balaban J connectivity index is 2.33. The highest BCUT2D eigenvalue weighted by molar-refractivity contribution is 7.71. The summed E-state index contributed by atoms with van der Waals surface area (Å²) in [5.74, 6) is -1.00. The number of hydrogen-bond donors (Lipinski definition) is 3. The van der Waals surface area contributed by atoms with Gasteiger partial charge in [0.15, 0.2) is 4.77 Å². The second-order valence-corrected chi connectivity index (χ2v) is 3.99. The molecule has 0 saturated heterocycles. The van der Waals surface area contributed by atoms with E-state index in [2.05, 4.69) is 19.9 Å². The molecule has 0 fully saturated rings. The first-order valence-electron chi connectivity index (χ1n) is 4.62. The maximum absolute atomic E-state index is 12.4. The number of imidazole rings is 2. The lowest BCUT2D eigenvalue weighted by atomic mass is 10.3. The number of aromatic nitrogens is 4. The summed E-state index contributed by atoms with van der Waals surface area (Å²) in [5.41, 5.74) is 1.83. The largest absolute Gasteiger partial charge is 0.449 e. The molecule has 3 rings (SSSR count). The second kappa shape index (κ2) is 3.10. The molecule has 0 aliphatic carbocycles. The van der Waals surface area contributed by atoms with E-state index in [-0.39, 0.29) is 5.52 Å². The summed E-state index contributed by atoms with van der Waals surface area (Å²) in [4.78, 5) is 11.4. The monoisotopic (exact) mass is 258 g/mol. The Morgan fingerprint density at radius 3 is 2.29 bits per heavy atom. The van der Waals surface area contributed by atoms with E-state index in [0.717, 1.165) is 0 Å². The van der Waals surface area contributed by atoms with Gasteiger partial charge in [0.1, 0.15) is 0 Å². The van der Waals surface area contributed by atoms with E-state index in [9.17, 15) is 13.2 Å². The van der Waals surface area contributed by atoms with Crippen LogP contribution >= 0.6 is 12.2 Å². The number of rotatable bonds is 0. The SMILES string of the molecule is FC(F)(F)c1nc2cc3[nH]c(=S)[nH]c3cc2[nH]1. The van der Waals surface area contributed by atoms with Crippen molar-refractivity contribution in [2.24, 2.45) is 0 Å². The van der Waals surface area contributed by atoms with E-state index in [1.165, 1.54) is 6.07 Å². The zero-order chi connectivity index (χ0) is 12.2. The average molecular weight is 258 g/mol. The summed E-state index contributed by atoms with van der Waals surface area (Å²) < 4.78 is 37.7. The van der Waals surface area contributed by atoms with E-state index >= 15 is 0 Å². The minimum absolute atomic E-state index is 0.245. The summed E-state index contributed by atoms with van der Waals surface area (Å²) in [6, 6.07) is 3.06. The van der Waals surface area contributed by atoms with Crippen LogP contribution in [0.25, 0.3) is 22.1 Å². The number of aromatic amines is 3. The number of nitrogens with one attached hydrogen (secondary N) is 3. The fraction of sp³-hybridized carbons (Fsp3) is 0.111. The smallest absolute Gasteiger partial charge is 0.334 e. The Morgan fingerprint density at radius 1 is 1.00 bits per heavy atom. The van der Waals surface area contributed by atoms with Crippen LogP contribution in [-0.4, -0.2) is 19.9 Å². The molecule has 8 heteroatoms. The standard InChI is InChI=1S/C9H5F3N4S/c10-9(11,12)7-13-3-1-5-6(2-4(3)14-7)16-8(17)15-5/h1-2H,(H,13,14)(H2,15,16,17). The average Bonchev–Trinajstić information content (AvgIpc) is 2.73. The molecule has 0 bridgehead atoms. The maximum atomic E-state index is 12.4. The van der Waals surface area contributed by atoms with E-state index in [0.29, 0.717) is 21.3 Å². The molecule has 0 unspecified atom stereocenters.